The molecule has 1 rings (SSSR count). The summed E-state index contributed by atoms with van der Waals surface area (Å²) >= 11 is 0. The molecule has 0 radical (unpaired) electrons. The Morgan fingerprint density at radius 1 is 1.36 bits per heavy atom. The second kappa shape index (κ2) is 4.08. The topological polar surface area (TPSA) is 33.1 Å². The fourth-order valence-electron chi connectivity index (χ4n) is 0.527. The molecule has 0 unspecified atom stereocenters. The van der Waals surface area contributed by atoms with E-state index in [0.717, 1.165) is 12.3 Å². The van der Waals surface area contributed by atoms with E-state index < -0.39 is 6.43 Å². The van der Waals surface area contributed by atoms with Gasteiger partial charge in [-0.05, 0) is 12.1 Å². The lowest BCUT2D eigenvalue weighted by molar-refractivity contribution is 0.146. The summed E-state index contributed by atoms with van der Waals surface area (Å²) < 4.78 is 23.5. The van der Waals surface area contributed by atoms with Gasteiger partial charge in [-0.2, -0.15) is 0 Å². The van der Waals surface area contributed by atoms with E-state index in [2.05, 4.69) is 4.98 Å². The smallest absolute Gasteiger partial charge is 0.280 e. The van der Waals surface area contributed by atoms with Gasteiger partial charge in [-0.25, -0.2) is 8.78 Å². The quantitative estimate of drug-likeness (QED) is 0.720. The van der Waals surface area contributed by atoms with Crippen molar-refractivity contribution < 1.29 is 13.9 Å². The van der Waals surface area contributed by atoms with Gasteiger partial charge in [0, 0.05) is 0 Å². The molecule has 0 aliphatic rings. The SMILES string of the molecule is Cl.Oc1ccc(C(F)F)nc1. The van der Waals surface area contributed by atoms with Crippen LogP contribution in [0.3, 0.4) is 0 Å². The van der Waals surface area contributed by atoms with Crippen LogP contribution in [0.1, 0.15) is 12.1 Å². The van der Waals surface area contributed by atoms with E-state index in [1.54, 1.807) is 0 Å². The van der Waals surface area contributed by atoms with Crippen molar-refractivity contribution in [3.8, 4) is 5.75 Å². The van der Waals surface area contributed by atoms with Crippen molar-refractivity contribution in [2.75, 3.05) is 0 Å². The van der Waals surface area contributed by atoms with E-state index in [0.29, 0.717) is 0 Å². The van der Waals surface area contributed by atoms with Crippen LogP contribution in [-0.2, 0) is 0 Å². The molecular weight excluding hydrogens is 176 g/mol. The summed E-state index contributed by atoms with van der Waals surface area (Å²) in [7, 11) is 0. The Kier molecular flexibility index (Phi) is 3.74. The van der Waals surface area contributed by atoms with Crippen molar-refractivity contribution in [3.05, 3.63) is 24.0 Å². The maximum Gasteiger partial charge on any atom is 0.280 e. The lowest BCUT2D eigenvalue weighted by Crippen LogP contribution is -1.86. The van der Waals surface area contributed by atoms with Gasteiger partial charge in [0.05, 0.1) is 6.20 Å². The molecule has 2 nitrogen and oxygen atoms in total. The van der Waals surface area contributed by atoms with Crippen LogP contribution >= 0.6 is 12.4 Å². The molecule has 1 aromatic rings. The average molecular weight is 182 g/mol. The molecule has 1 aromatic heterocycles. The van der Waals surface area contributed by atoms with Gasteiger partial charge >= 0.3 is 0 Å². The van der Waals surface area contributed by atoms with Gasteiger partial charge in [0.1, 0.15) is 11.4 Å². The van der Waals surface area contributed by atoms with Crippen LogP contribution < -0.4 is 0 Å². The Labute approximate surface area is 68.3 Å². The van der Waals surface area contributed by atoms with Crippen molar-refractivity contribution in [1.82, 2.24) is 4.98 Å². The molecule has 0 aromatic carbocycles. The Hall–Kier alpha value is -0.900. The molecule has 0 aliphatic carbocycles. The summed E-state index contributed by atoms with van der Waals surface area (Å²) in [6, 6.07) is 2.26. The number of halogens is 3. The minimum atomic E-state index is -2.57. The fraction of sp³-hybridized carbons (Fsp3) is 0.167. The highest BCUT2D eigenvalue weighted by atomic mass is 35.5. The molecule has 0 atom stereocenters. The van der Waals surface area contributed by atoms with Gasteiger partial charge in [0.25, 0.3) is 6.43 Å². The van der Waals surface area contributed by atoms with Gasteiger partial charge in [0.2, 0.25) is 0 Å². The van der Waals surface area contributed by atoms with Gasteiger partial charge in [0.15, 0.2) is 0 Å². The van der Waals surface area contributed by atoms with Crippen molar-refractivity contribution >= 4 is 12.4 Å². The molecule has 0 aliphatic heterocycles. The Morgan fingerprint density at radius 2 is 2.00 bits per heavy atom. The Morgan fingerprint density at radius 3 is 2.36 bits per heavy atom. The Bertz CT molecular complexity index is 214. The highest BCUT2D eigenvalue weighted by molar-refractivity contribution is 5.85. The predicted molar refractivity (Wildman–Crippen MR) is 38.1 cm³/mol. The van der Waals surface area contributed by atoms with Crippen LogP contribution in [0.15, 0.2) is 18.3 Å². The van der Waals surface area contributed by atoms with E-state index in [4.69, 9.17) is 5.11 Å². The standard InChI is InChI=1S/C6H5F2NO.ClH/c7-6(8)5-2-1-4(10)3-9-5;/h1-3,6,10H;1H. The molecule has 0 saturated heterocycles. The zero-order valence-electron chi connectivity index (χ0n) is 5.37. The van der Waals surface area contributed by atoms with Crippen LogP contribution in [-0.4, -0.2) is 10.1 Å². The summed E-state index contributed by atoms with van der Waals surface area (Å²) in [4.78, 5) is 3.28. The molecule has 0 amide bonds. The van der Waals surface area contributed by atoms with Gasteiger partial charge in [-0.3, -0.25) is 4.98 Å². The second-order valence-electron chi connectivity index (χ2n) is 1.74. The van der Waals surface area contributed by atoms with E-state index in [1.807, 2.05) is 0 Å². The Balaban J connectivity index is 0.000001000. The molecule has 1 N–H and O–H groups in total. The van der Waals surface area contributed by atoms with Gasteiger partial charge < -0.3 is 5.11 Å². The van der Waals surface area contributed by atoms with Crippen LogP contribution in [0.4, 0.5) is 8.78 Å². The first-order valence-corrected chi connectivity index (χ1v) is 2.63. The third kappa shape index (κ3) is 2.67. The van der Waals surface area contributed by atoms with Crippen LogP contribution in [0.25, 0.3) is 0 Å². The average Bonchev–Trinajstić information content (AvgIpc) is 1.88. The highest BCUT2D eigenvalue weighted by Crippen LogP contribution is 2.17. The molecule has 1 heterocycles. The van der Waals surface area contributed by atoms with Crippen LogP contribution in [0, 0.1) is 0 Å². The first-order chi connectivity index (χ1) is 4.70. The van der Waals surface area contributed by atoms with Gasteiger partial charge in [-0.15, -0.1) is 12.4 Å². The third-order valence-electron chi connectivity index (χ3n) is 0.994. The van der Waals surface area contributed by atoms with Crippen molar-refractivity contribution in [2.24, 2.45) is 0 Å². The van der Waals surface area contributed by atoms with E-state index in [9.17, 15) is 8.78 Å². The monoisotopic (exact) mass is 181 g/mol. The first kappa shape index (κ1) is 10.1. The lowest BCUT2D eigenvalue weighted by atomic mass is 10.3. The van der Waals surface area contributed by atoms with Crippen LogP contribution in [0.5, 0.6) is 5.75 Å². The number of aromatic hydroxyl groups is 1. The first-order valence-electron chi connectivity index (χ1n) is 2.63. The molecule has 0 bridgehead atoms. The van der Waals surface area contributed by atoms with Crippen molar-refractivity contribution in [2.45, 2.75) is 6.43 Å². The number of hydrogen-bond acceptors (Lipinski definition) is 2. The molecule has 5 heteroatoms. The predicted octanol–water partition coefficient (Wildman–Crippen LogP) is 2.15. The molecule has 11 heavy (non-hydrogen) atoms. The minimum absolute atomic E-state index is 0. The van der Waals surface area contributed by atoms with Crippen LogP contribution in [0.2, 0.25) is 0 Å². The third-order valence-corrected chi connectivity index (χ3v) is 0.994. The van der Waals surface area contributed by atoms with E-state index in [-0.39, 0.29) is 23.9 Å². The fourth-order valence-corrected chi connectivity index (χ4v) is 0.527. The number of aromatic nitrogens is 1. The van der Waals surface area contributed by atoms with E-state index >= 15 is 0 Å². The summed E-state index contributed by atoms with van der Waals surface area (Å²) in [6.45, 7) is 0. The van der Waals surface area contributed by atoms with Gasteiger partial charge in [-0.1, -0.05) is 0 Å². The second-order valence-corrected chi connectivity index (χ2v) is 1.74. The maximum atomic E-state index is 11.8. The highest BCUT2D eigenvalue weighted by Gasteiger charge is 2.06. The summed E-state index contributed by atoms with van der Waals surface area (Å²) in [5, 5.41) is 8.63. The summed E-state index contributed by atoms with van der Waals surface area (Å²) in [5.41, 5.74) is -0.321. The minimum Gasteiger partial charge on any atom is -0.506 e. The van der Waals surface area contributed by atoms with Crippen molar-refractivity contribution in [3.63, 3.8) is 0 Å². The lowest BCUT2D eigenvalue weighted by Gasteiger charge is -1.95. The zero-order valence-corrected chi connectivity index (χ0v) is 6.18. The van der Waals surface area contributed by atoms with Crippen molar-refractivity contribution in [1.29, 1.82) is 0 Å². The largest absolute Gasteiger partial charge is 0.506 e. The summed E-state index contributed by atoms with van der Waals surface area (Å²) in [6.07, 6.45) is -1.58. The molecule has 0 fully saturated rings. The summed E-state index contributed by atoms with van der Waals surface area (Å²) in [5.74, 6) is -0.107. The number of rotatable bonds is 1. The zero-order chi connectivity index (χ0) is 7.56. The number of pyridine rings is 1. The molecule has 0 spiro atoms. The number of alkyl halides is 2. The molecule has 62 valence electrons. The number of hydrogen-bond donors (Lipinski definition) is 1. The maximum absolute atomic E-state index is 11.8. The molecule has 0 saturated carbocycles. The molecular formula is C6H6ClF2NO. The van der Waals surface area contributed by atoms with E-state index in [1.165, 1.54) is 6.07 Å². The number of nitrogens with zero attached hydrogens (tertiary/aromatic N) is 1. The normalized spacial score (nSPS) is 9.36.